The highest BCUT2D eigenvalue weighted by molar-refractivity contribution is 6.46. The van der Waals surface area contributed by atoms with Gasteiger partial charge >= 0.3 is 0 Å². The molecule has 29 heavy (non-hydrogen) atoms. The molecule has 2 aromatic rings. The van der Waals surface area contributed by atoms with E-state index in [-0.39, 0.29) is 11.3 Å². The highest BCUT2D eigenvalue weighted by Crippen LogP contribution is 2.39. The van der Waals surface area contributed by atoms with E-state index in [1.165, 1.54) is 0 Å². The largest absolute Gasteiger partial charge is 0.507 e. The SMILES string of the molecule is COc1ccc(/C(O)=C2\C(=O)C(=O)N(CCCN(C)C)C2c2ccccc2)cc1. The third kappa shape index (κ3) is 4.32. The van der Waals surface area contributed by atoms with Gasteiger partial charge in [-0.15, -0.1) is 0 Å². The standard InChI is InChI=1S/C23H26N2O4/c1-24(2)14-7-15-25-20(16-8-5-4-6-9-16)19(22(27)23(25)28)21(26)17-10-12-18(29-3)13-11-17/h4-6,8-13,20,26H,7,14-15H2,1-3H3/b21-19+. The number of Topliss-reactive ketones (excluding diaryl/α,β-unsaturated/α-hetero) is 1. The molecule has 1 fully saturated rings. The van der Waals surface area contributed by atoms with Crippen molar-refractivity contribution in [2.24, 2.45) is 0 Å². The van der Waals surface area contributed by atoms with Crippen molar-refractivity contribution in [2.75, 3.05) is 34.3 Å². The number of ketones is 1. The molecule has 0 radical (unpaired) electrons. The average molecular weight is 394 g/mol. The van der Waals surface area contributed by atoms with E-state index in [1.54, 1.807) is 36.3 Å². The lowest BCUT2D eigenvalue weighted by atomic mass is 9.95. The van der Waals surface area contributed by atoms with Crippen LogP contribution in [0.2, 0.25) is 0 Å². The maximum atomic E-state index is 12.9. The number of carbonyl (C=O) groups excluding carboxylic acids is 2. The van der Waals surface area contributed by atoms with E-state index in [4.69, 9.17) is 4.74 Å². The second kappa shape index (κ2) is 8.92. The van der Waals surface area contributed by atoms with Gasteiger partial charge in [0.15, 0.2) is 0 Å². The fraction of sp³-hybridized carbons (Fsp3) is 0.304. The minimum atomic E-state index is -0.656. The first kappa shape index (κ1) is 20.6. The molecule has 6 heteroatoms. The van der Waals surface area contributed by atoms with E-state index in [2.05, 4.69) is 0 Å². The van der Waals surface area contributed by atoms with Crippen LogP contribution in [0.25, 0.3) is 5.76 Å². The number of carbonyl (C=O) groups is 2. The number of nitrogens with zero attached hydrogens (tertiary/aromatic N) is 2. The number of rotatable bonds is 7. The van der Waals surface area contributed by atoms with Crippen molar-refractivity contribution in [1.82, 2.24) is 9.80 Å². The molecule has 0 spiro atoms. The molecule has 1 N–H and O–H groups in total. The zero-order chi connectivity index (χ0) is 21.0. The summed E-state index contributed by atoms with van der Waals surface area (Å²) in [5, 5.41) is 11.0. The summed E-state index contributed by atoms with van der Waals surface area (Å²) in [6, 6.07) is 15.5. The molecule has 0 aromatic heterocycles. The summed E-state index contributed by atoms with van der Waals surface area (Å²) >= 11 is 0. The molecule has 2 aromatic carbocycles. The average Bonchev–Trinajstić information content (AvgIpc) is 2.98. The number of hydrogen-bond donors (Lipinski definition) is 1. The first-order valence-electron chi connectivity index (χ1n) is 9.56. The molecule has 0 aliphatic carbocycles. The van der Waals surface area contributed by atoms with Gasteiger partial charge in [0.1, 0.15) is 11.5 Å². The van der Waals surface area contributed by atoms with Crippen LogP contribution in [-0.2, 0) is 9.59 Å². The minimum absolute atomic E-state index is 0.121. The third-order valence-corrected chi connectivity index (χ3v) is 5.02. The van der Waals surface area contributed by atoms with E-state index < -0.39 is 17.7 Å². The topological polar surface area (TPSA) is 70.1 Å². The molecule has 152 valence electrons. The zero-order valence-corrected chi connectivity index (χ0v) is 17.0. The number of methoxy groups -OCH3 is 1. The van der Waals surface area contributed by atoms with Crippen LogP contribution in [0.1, 0.15) is 23.6 Å². The van der Waals surface area contributed by atoms with Crippen LogP contribution in [0.4, 0.5) is 0 Å². The van der Waals surface area contributed by atoms with Crippen LogP contribution >= 0.6 is 0 Å². The quantitative estimate of drug-likeness (QED) is 0.444. The fourth-order valence-corrected chi connectivity index (χ4v) is 3.55. The lowest BCUT2D eigenvalue weighted by molar-refractivity contribution is -0.139. The van der Waals surface area contributed by atoms with Gasteiger partial charge in [0.05, 0.1) is 18.7 Å². The highest BCUT2D eigenvalue weighted by atomic mass is 16.5. The molecule has 0 saturated carbocycles. The molecule has 1 aliphatic rings. The Kier molecular flexibility index (Phi) is 6.34. The predicted molar refractivity (Wildman–Crippen MR) is 112 cm³/mol. The van der Waals surface area contributed by atoms with E-state index in [1.807, 2.05) is 49.3 Å². The van der Waals surface area contributed by atoms with E-state index in [0.29, 0.717) is 17.9 Å². The highest BCUT2D eigenvalue weighted by Gasteiger charge is 2.45. The van der Waals surface area contributed by atoms with Gasteiger partial charge in [0, 0.05) is 12.1 Å². The lowest BCUT2D eigenvalue weighted by Gasteiger charge is -2.26. The number of likely N-dealkylation sites (tertiary alicyclic amines) is 1. The van der Waals surface area contributed by atoms with Crippen LogP contribution < -0.4 is 4.74 Å². The van der Waals surface area contributed by atoms with Crippen LogP contribution in [0.15, 0.2) is 60.2 Å². The summed E-state index contributed by atoms with van der Waals surface area (Å²) in [7, 11) is 5.49. The Bertz CT molecular complexity index is 904. The van der Waals surface area contributed by atoms with E-state index in [0.717, 1.165) is 18.5 Å². The van der Waals surface area contributed by atoms with Crippen molar-refractivity contribution in [3.05, 3.63) is 71.3 Å². The van der Waals surface area contributed by atoms with Crippen LogP contribution in [0.5, 0.6) is 5.75 Å². The maximum Gasteiger partial charge on any atom is 0.295 e. The maximum absolute atomic E-state index is 12.9. The molecule has 1 saturated heterocycles. The summed E-state index contributed by atoms with van der Waals surface area (Å²) in [5.74, 6) is -0.759. The number of aliphatic hydroxyl groups excluding tert-OH is 1. The van der Waals surface area contributed by atoms with Crippen LogP contribution in [-0.4, -0.2) is 60.9 Å². The molecular weight excluding hydrogens is 368 g/mol. The number of hydrogen-bond acceptors (Lipinski definition) is 5. The van der Waals surface area contributed by atoms with Gasteiger partial charge in [-0.25, -0.2) is 0 Å². The van der Waals surface area contributed by atoms with Gasteiger partial charge in [-0.1, -0.05) is 30.3 Å². The predicted octanol–water partition coefficient (Wildman–Crippen LogP) is 3.07. The molecule has 1 unspecified atom stereocenters. The number of amides is 1. The smallest absolute Gasteiger partial charge is 0.295 e. The normalized spacial score (nSPS) is 18.5. The summed E-state index contributed by atoms with van der Waals surface area (Å²) in [4.78, 5) is 29.3. The van der Waals surface area contributed by atoms with Crippen molar-refractivity contribution >= 4 is 17.4 Å². The van der Waals surface area contributed by atoms with Gasteiger partial charge in [0.25, 0.3) is 11.7 Å². The first-order chi connectivity index (χ1) is 13.9. The van der Waals surface area contributed by atoms with E-state index >= 15 is 0 Å². The Hall–Kier alpha value is -3.12. The van der Waals surface area contributed by atoms with Crippen molar-refractivity contribution in [3.8, 4) is 5.75 Å². The second-order valence-corrected chi connectivity index (χ2v) is 7.29. The number of aliphatic hydroxyl groups is 1. The number of benzene rings is 2. The fourth-order valence-electron chi connectivity index (χ4n) is 3.55. The van der Waals surface area contributed by atoms with Gasteiger partial charge in [-0.3, -0.25) is 9.59 Å². The molecule has 1 atom stereocenters. The Labute approximate surface area is 171 Å². The first-order valence-corrected chi connectivity index (χ1v) is 9.56. The van der Waals surface area contributed by atoms with Crippen molar-refractivity contribution in [3.63, 3.8) is 0 Å². The molecule has 1 aliphatic heterocycles. The zero-order valence-electron chi connectivity index (χ0n) is 17.0. The summed E-state index contributed by atoms with van der Waals surface area (Å²) < 4.78 is 5.15. The second-order valence-electron chi connectivity index (χ2n) is 7.29. The van der Waals surface area contributed by atoms with Crippen LogP contribution in [0.3, 0.4) is 0 Å². The van der Waals surface area contributed by atoms with Gasteiger partial charge in [-0.2, -0.15) is 0 Å². The van der Waals surface area contributed by atoms with Gasteiger partial charge in [0.2, 0.25) is 0 Å². The third-order valence-electron chi connectivity index (χ3n) is 5.02. The lowest BCUT2D eigenvalue weighted by Crippen LogP contribution is -2.32. The summed E-state index contributed by atoms with van der Waals surface area (Å²) in [6.07, 6.45) is 0.728. The Morgan fingerprint density at radius 2 is 1.72 bits per heavy atom. The molecule has 1 amide bonds. The Balaban J connectivity index is 2.05. The molecule has 1 heterocycles. The Morgan fingerprint density at radius 1 is 1.07 bits per heavy atom. The minimum Gasteiger partial charge on any atom is -0.507 e. The molecule has 0 bridgehead atoms. The van der Waals surface area contributed by atoms with Crippen LogP contribution in [0, 0.1) is 0 Å². The molecule has 6 nitrogen and oxygen atoms in total. The summed E-state index contributed by atoms with van der Waals surface area (Å²) in [5.41, 5.74) is 1.39. The van der Waals surface area contributed by atoms with Crippen molar-refractivity contribution < 1.29 is 19.4 Å². The Morgan fingerprint density at radius 3 is 2.31 bits per heavy atom. The van der Waals surface area contributed by atoms with Crippen molar-refractivity contribution in [2.45, 2.75) is 12.5 Å². The van der Waals surface area contributed by atoms with Gasteiger partial charge < -0.3 is 19.6 Å². The monoisotopic (exact) mass is 394 g/mol. The van der Waals surface area contributed by atoms with Crippen molar-refractivity contribution in [1.29, 1.82) is 0 Å². The number of ether oxygens (including phenoxy) is 1. The molecular formula is C23H26N2O4. The van der Waals surface area contributed by atoms with E-state index in [9.17, 15) is 14.7 Å². The summed E-state index contributed by atoms with van der Waals surface area (Å²) in [6.45, 7) is 1.23. The molecule has 3 rings (SSSR count). The van der Waals surface area contributed by atoms with Gasteiger partial charge in [-0.05, 0) is 56.9 Å².